The molecule has 1 aliphatic rings. The van der Waals surface area contributed by atoms with Crippen LogP contribution in [0.25, 0.3) is 22.6 Å². The molecular weight excluding hydrogens is 459 g/mol. The molecule has 5 heterocycles. The van der Waals surface area contributed by atoms with Crippen LogP contribution in [0.4, 0.5) is 19.0 Å². The minimum atomic E-state index is -4.62. The number of nitrogens with zero attached hydrogens (tertiary/aromatic N) is 5. The molecule has 0 saturated carbocycles. The summed E-state index contributed by atoms with van der Waals surface area (Å²) in [4.78, 5) is 30.3. The number of carbonyl (C=O) groups excluding carboxylic acids is 1. The fourth-order valence-electron chi connectivity index (χ4n) is 4.33. The molecule has 0 bridgehead atoms. The number of fused-ring (bicyclic) bond motifs is 2. The van der Waals surface area contributed by atoms with Crippen molar-refractivity contribution >= 4 is 22.6 Å². The van der Waals surface area contributed by atoms with E-state index in [4.69, 9.17) is 0 Å². The van der Waals surface area contributed by atoms with E-state index in [2.05, 4.69) is 29.9 Å². The lowest BCUT2D eigenvalue weighted by Gasteiger charge is -2.28. The summed E-state index contributed by atoms with van der Waals surface area (Å²) in [6.07, 6.45) is 0.246. The molecule has 0 spiro atoms. The number of carbonyl (C=O) groups is 1. The Hall–Kier alpha value is -4.41. The van der Waals surface area contributed by atoms with Crippen LogP contribution < -0.4 is 4.90 Å². The van der Waals surface area contributed by atoms with Crippen LogP contribution in [0.5, 0.6) is 0 Å². The van der Waals surface area contributed by atoms with Crippen LogP contribution in [-0.2, 0) is 19.3 Å². The van der Waals surface area contributed by atoms with E-state index in [-0.39, 0.29) is 5.56 Å². The largest absolute Gasteiger partial charge is 0.417 e. The van der Waals surface area contributed by atoms with Gasteiger partial charge in [0.25, 0.3) is 0 Å². The van der Waals surface area contributed by atoms with E-state index >= 15 is 0 Å². The van der Waals surface area contributed by atoms with Crippen LogP contribution in [-0.4, -0.2) is 42.0 Å². The highest BCUT2D eigenvalue weighted by atomic mass is 19.4. The van der Waals surface area contributed by atoms with Crippen molar-refractivity contribution in [2.45, 2.75) is 19.3 Å². The topological polar surface area (TPSA) is 95.5 Å². The van der Waals surface area contributed by atoms with E-state index in [1.807, 2.05) is 16.8 Å². The summed E-state index contributed by atoms with van der Waals surface area (Å²) in [7, 11) is 0. The maximum Gasteiger partial charge on any atom is 0.417 e. The molecule has 0 fully saturated rings. The minimum Gasteiger partial charge on any atom is -0.358 e. The van der Waals surface area contributed by atoms with Crippen molar-refractivity contribution in [1.29, 1.82) is 0 Å². The van der Waals surface area contributed by atoms with Crippen molar-refractivity contribution < 1.29 is 18.0 Å². The SMILES string of the molecule is O=C(c1c[nH]c(-c2nc3cc(N4CCn5nccc5C4)ncc3[nH]2)c1)c1ccccc1C(F)(F)F. The monoisotopic (exact) mass is 477 g/mol. The van der Waals surface area contributed by atoms with E-state index in [0.29, 0.717) is 29.1 Å². The highest BCUT2D eigenvalue weighted by molar-refractivity contribution is 6.10. The molecule has 35 heavy (non-hydrogen) atoms. The smallest absolute Gasteiger partial charge is 0.358 e. The summed E-state index contributed by atoms with van der Waals surface area (Å²) in [6.45, 7) is 2.23. The number of nitrogens with one attached hydrogen (secondary N) is 2. The number of ketones is 1. The van der Waals surface area contributed by atoms with Gasteiger partial charge in [-0.2, -0.15) is 18.3 Å². The third kappa shape index (κ3) is 3.74. The predicted molar refractivity (Wildman–Crippen MR) is 122 cm³/mol. The van der Waals surface area contributed by atoms with Gasteiger partial charge in [-0.15, -0.1) is 0 Å². The minimum absolute atomic E-state index is 0.112. The molecule has 0 amide bonds. The molecule has 4 aromatic heterocycles. The van der Waals surface area contributed by atoms with Crippen molar-refractivity contribution in [3.8, 4) is 11.5 Å². The first kappa shape index (κ1) is 21.1. The number of hydrogen-bond donors (Lipinski definition) is 2. The average molecular weight is 477 g/mol. The van der Waals surface area contributed by atoms with Gasteiger partial charge in [0.1, 0.15) is 5.82 Å². The summed E-state index contributed by atoms with van der Waals surface area (Å²) >= 11 is 0. The van der Waals surface area contributed by atoms with Crippen molar-refractivity contribution in [1.82, 2.24) is 29.7 Å². The van der Waals surface area contributed by atoms with Gasteiger partial charge in [-0.1, -0.05) is 18.2 Å². The fraction of sp³-hybridized carbons (Fsp3) is 0.167. The molecule has 1 aromatic carbocycles. The summed E-state index contributed by atoms with van der Waals surface area (Å²) in [6, 6.07) is 10.1. The van der Waals surface area contributed by atoms with Crippen LogP contribution in [0.3, 0.4) is 0 Å². The summed E-state index contributed by atoms with van der Waals surface area (Å²) in [5.74, 6) is 0.526. The van der Waals surface area contributed by atoms with Crippen LogP contribution in [0, 0.1) is 0 Å². The highest BCUT2D eigenvalue weighted by Crippen LogP contribution is 2.33. The fourth-order valence-corrected chi connectivity index (χ4v) is 4.33. The standard InChI is InChI=1S/C24H18F3N7O/c25-24(26,27)17-4-2-1-3-16(17)22(35)14-9-19(28-11-14)23-31-18-10-21(29-12-20(18)32-23)33-7-8-34-15(13-33)5-6-30-34/h1-6,9-12,28H,7-8,13H2,(H,31,32). The molecule has 0 unspecified atom stereocenters. The van der Waals surface area contributed by atoms with E-state index in [0.717, 1.165) is 30.7 Å². The first-order chi connectivity index (χ1) is 16.9. The van der Waals surface area contributed by atoms with Gasteiger partial charge in [0, 0.05) is 36.1 Å². The predicted octanol–water partition coefficient (Wildman–Crippen LogP) is 4.42. The zero-order chi connectivity index (χ0) is 24.2. The number of rotatable bonds is 4. The molecule has 2 N–H and O–H groups in total. The number of benzene rings is 1. The zero-order valence-electron chi connectivity index (χ0n) is 18.2. The molecule has 8 nitrogen and oxygen atoms in total. The van der Waals surface area contributed by atoms with Crippen LogP contribution in [0.15, 0.2) is 61.1 Å². The van der Waals surface area contributed by atoms with E-state index in [9.17, 15) is 18.0 Å². The normalized spacial score (nSPS) is 13.9. The van der Waals surface area contributed by atoms with Gasteiger partial charge in [0.05, 0.1) is 47.3 Å². The molecule has 0 atom stereocenters. The lowest BCUT2D eigenvalue weighted by atomic mass is 9.99. The molecule has 1 aliphatic heterocycles. The Bertz CT molecular complexity index is 1560. The number of hydrogen-bond acceptors (Lipinski definition) is 5. The molecule has 5 aromatic rings. The molecular formula is C24H18F3N7O. The second kappa shape index (κ2) is 7.83. The van der Waals surface area contributed by atoms with Crippen LogP contribution in [0.2, 0.25) is 0 Å². The maximum atomic E-state index is 13.3. The third-order valence-corrected chi connectivity index (χ3v) is 6.09. The maximum absolute atomic E-state index is 13.3. The highest BCUT2D eigenvalue weighted by Gasteiger charge is 2.35. The molecule has 0 aliphatic carbocycles. The van der Waals surface area contributed by atoms with Gasteiger partial charge in [-0.3, -0.25) is 9.48 Å². The molecule has 0 saturated heterocycles. The van der Waals surface area contributed by atoms with Gasteiger partial charge < -0.3 is 14.9 Å². The van der Waals surface area contributed by atoms with Crippen LogP contribution >= 0.6 is 0 Å². The summed E-state index contributed by atoms with van der Waals surface area (Å²) in [5, 5.41) is 4.29. The van der Waals surface area contributed by atoms with Crippen molar-refractivity contribution in [3.63, 3.8) is 0 Å². The second-order valence-electron chi connectivity index (χ2n) is 8.29. The Morgan fingerprint density at radius 1 is 1.09 bits per heavy atom. The van der Waals surface area contributed by atoms with Gasteiger partial charge >= 0.3 is 6.18 Å². The Labute approximate surface area is 196 Å². The summed E-state index contributed by atoms with van der Waals surface area (Å²) < 4.78 is 42.0. The Kier molecular flexibility index (Phi) is 4.73. The number of H-pyrrole nitrogens is 2. The van der Waals surface area contributed by atoms with Gasteiger partial charge in [0.2, 0.25) is 0 Å². The first-order valence-corrected chi connectivity index (χ1v) is 10.9. The second-order valence-corrected chi connectivity index (χ2v) is 8.29. The zero-order valence-corrected chi connectivity index (χ0v) is 18.2. The van der Waals surface area contributed by atoms with Gasteiger partial charge in [-0.25, -0.2) is 9.97 Å². The van der Waals surface area contributed by atoms with E-state index in [1.54, 1.807) is 12.4 Å². The first-order valence-electron chi connectivity index (χ1n) is 10.9. The Morgan fingerprint density at radius 3 is 2.80 bits per heavy atom. The molecule has 6 rings (SSSR count). The molecule has 176 valence electrons. The third-order valence-electron chi connectivity index (χ3n) is 6.09. The number of pyridine rings is 1. The average Bonchev–Trinajstić information content (AvgIpc) is 3.61. The lowest BCUT2D eigenvalue weighted by molar-refractivity contribution is -0.137. The Morgan fingerprint density at radius 2 is 1.94 bits per heavy atom. The number of aromatic amines is 2. The number of halogens is 3. The van der Waals surface area contributed by atoms with Crippen molar-refractivity contribution in [3.05, 3.63) is 83.4 Å². The van der Waals surface area contributed by atoms with Gasteiger partial charge in [0.15, 0.2) is 11.6 Å². The van der Waals surface area contributed by atoms with Crippen LogP contribution in [0.1, 0.15) is 27.2 Å². The Balaban J connectivity index is 1.28. The van der Waals surface area contributed by atoms with E-state index in [1.165, 1.54) is 30.5 Å². The quantitative estimate of drug-likeness (QED) is 0.374. The number of imidazole rings is 1. The lowest BCUT2D eigenvalue weighted by Crippen LogP contribution is -2.34. The van der Waals surface area contributed by atoms with Crippen molar-refractivity contribution in [2.24, 2.45) is 0 Å². The number of alkyl halides is 3. The van der Waals surface area contributed by atoms with Gasteiger partial charge in [-0.05, 0) is 18.2 Å². The molecule has 0 radical (unpaired) electrons. The number of anilines is 1. The summed E-state index contributed by atoms with van der Waals surface area (Å²) in [5.41, 5.74) is 1.74. The molecule has 11 heteroatoms. The van der Waals surface area contributed by atoms with Crippen molar-refractivity contribution in [2.75, 3.05) is 11.4 Å². The van der Waals surface area contributed by atoms with E-state index < -0.39 is 23.1 Å². The number of aromatic nitrogens is 6.